The number of ether oxygens (including phenoxy) is 1. The molecular weight excluding hydrogens is 260 g/mol. The molecule has 21 heavy (non-hydrogen) atoms. The van der Waals surface area contributed by atoms with Crippen LogP contribution in [0.2, 0.25) is 0 Å². The van der Waals surface area contributed by atoms with Crippen molar-refractivity contribution in [1.29, 1.82) is 0 Å². The van der Waals surface area contributed by atoms with Gasteiger partial charge in [-0.2, -0.15) is 0 Å². The lowest BCUT2D eigenvalue weighted by molar-refractivity contribution is 0.0271. The summed E-state index contributed by atoms with van der Waals surface area (Å²) in [6.45, 7) is 0.907. The van der Waals surface area contributed by atoms with E-state index in [1.165, 1.54) is 37.7 Å². The summed E-state index contributed by atoms with van der Waals surface area (Å²) in [5, 5.41) is 11.0. The molecule has 0 amide bonds. The van der Waals surface area contributed by atoms with Gasteiger partial charge >= 0.3 is 0 Å². The smallest absolute Gasteiger partial charge is 0.0637 e. The molecular formula is C19H28O2. The first kappa shape index (κ1) is 15.1. The normalized spacial score (nSPS) is 26.6. The minimum atomic E-state index is -0.232. The molecule has 1 N–H and O–H groups in total. The van der Waals surface area contributed by atoms with Crippen molar-refractivity contribution in [2.75, 3.05) is 6.61 Å². The van der Waals surface area contributed by atoms with Gasteiger partial charge in [0.1, 0.15) is 0 Å². The molecule has 1 aliphatic carbocycles. The lowest BCUT2D eigenvalue weighted by Crippen LogP contribution is -2.41. The van der Waals surface area contributed by atoms with Gasteiger partial charge in [0.15, 0.2) is 0 Å². The number of benzene rings is 1. The summed E-state index contributed by atoms with van der Waals surface area (Å²) in [5.74, 6) is 0. The first-order valence-corrected chi connectivity index (χ1v) is 8.66. The molecule has 1 aliphatic heterocycles. The van der Waals surface area contributed by atoms with Crippen LogP contribution >= 0.6 is 0 Å². The molecule has 1 saturated carbocycles. The summed E-state index contributed by atoms with van der Waals surface area (Å²) in [7, 11) is 0. The van der Waals surface area contributed by atoms with E-state index >= 15 is 0 Å². The van der Waals surface area contributed by atoms with E-state index < -0.39 is 0 Å². The fourth-order valence-electron chi connectivity index (χ4n) is 4.26. The zero-order valence-corrected chi connectivity index (χ0v) is 13.0. The molecule has 1 aromatic carbocycles. The van der Waals surface area contributed by atoms with Gasteiger partial charge in [-0.15, -0.1) is 0 Å². The molecule has 2 heteroatoms. The average molecular weight is 288 g/mol. The van der Waals surface area contributed by atoms with E-state index in [2.05, 4.69) is 30.3 Å². The van der Waals surface area contributed by atoms with Crippen LogP contribution in [0.1, 0.15) is 63.4 Å². The van der Waals surface area contributed by atoms with E-state index in [0.717, 1.165) is 32.3 Å². The van der Waals surface area contributed by atoms with Gasteiger partial charge in [0.25, 0.3) is 0 Å². The van der Waals surface area contributed by atoms with Gasteiger partial charge in [-0.1, -0.05) is 49.6 Å². The Hall–Kier alpha value is -0.860. The Bertz CT molecular complexity index is 416. The predicted octanol–water partition coefficient (Wildman–Crippen LogP) is 4.21. The number of hydrogen-bond donors (Lipinski definition) is 1. The van der Waals surface area contributed by atoms with E-state index in [1.807, 2.05) is 0 Å². The molecule has 3 rings (SSSR count). The minimum Gasteiger partial charge on any atom is -0.392 e. The molecule has 2 atom stereocenters. The molecule has 0 aromatic heterocycles. The Morgan fingerprint density at radius 2 is 1.86 bits per heavy atom. The molecule has 1 heterocycles. The van der Waals surface area contributed by atoms with Gasteiger partial charge in [-0.25, -0.2) is 0 Å². The van der Waals surface area contributed by atoms with Crippen LogP contribution in [0.3, 0.4) is 0 Å². The van der Waals surface area contributed by atoms with Crippen LogP contribution in [0.5, 0.6) is 0 Å². The van der Waals surface area contributed by atoms with Crippen molar-refractivity contribution in [3.63, 3.8) is 0 Å². The molecule has 0 bridgehead atoms. The van der Waals surface area contributed by atoms with Crippen LogP contribution in [0.4, 0.5) is 0 Å². The topological polar surface area (TPSA) is 29.5 Å². The van der Waals surface area contributed by atoms with E-state index in [9.17, 15) is 5.11 Å². The summed E-state index contributed by atoms with van der Waals surface area (Å²) in [4.78, 5) is 0. The quantitative estimate of drug-likeness (QED) is 0.879. The minimum absolute atomic E-state index is 0.0158. The Balaban J connectivity index is 1.71. The molecule has 2 unspecified atom stereocenters. The summed E-state index contributed by atoms with van der Waals surface area (Å²) in [6.07, 6.45) is 10.4. The summed E-state index contributed by atoms with van der Waals surface area (Å²) in [6, 6.07) is 10.7. The van der Waals surface area contributed by atoms with Crippen molar-refractivity contribution in [3.05, 3.63) is 35.9 Å². The van der Waals surface area contributed by atoms with E-state index in [0.29, 0.717) is 6.10 Å². The second kappa shape index (κ2) is 6.93. The second-order valence-electron chi connectivity index (χ2n) is 6.81. The average Bonchev–Trinajstić information content (AvgIpc) is 3.07. The van der Waals surface area contributed by atoms with Crippen LogP contribution in [0.15, 0.2) is 30.3 Å². The van der Waals surface area contributed by atoms with Gasteiger partial charge in [0, 0.05) is 12.0 Å². The van der Waals surface area contributed by atoms with Crippen LogP contribution in [0, 0.1) is 0 Å². The van der Waals surface area contributed by atoms with Crippen LogP contribution in [-0.2, 0) is 10.2 Å². The SMILES string of the molecule is OC(CCC1CCCO1)C1(c2ccccc2)CCCCC1. The monoisotopic (exact) mass is 288 g/mol. The number of rotatable bonds is 5. The maximum atomic E-state index is 11.0. The number of aliphatic hydroxyl groups excluding tert-OH is 1. The zero-order valence-electron chi connectivity index (χ0n) is 13.0. The predicted molar refractivity (Wildman–Crippen MR) is 85.4 cm³/mol. The zero-order chi connectivity index (χ0) is 14.5. The molecule has 116 valence electrons. The fraction of sp³-hybridized carbons (Fsp3) is 0.684. The van der Waals surface area contributed by atoms with E-state index in [-0.39, 0.29) is 11.5 Å². The maximum Gasteiger partial charge on any atom is 0.0637 e. The molecule has 1 saturated heterocycles. The van der Waals surface area contributed by atoms with Crippen molar-refractivity contribution in [2.45, 2.75) is 75.4 Å². The van der Waals surface area contributed by atoms with Gasteiger partial charge in [0.05, 0.1) is 12.2 Å². The number of hydrogen-bond acceptors (Lipinski definition) is 2. The maximum absolute atomic E-state index is 11.0. The van der Waals surface area contributed by atoms with Gasteiger partial charge in [-0.3, -0.25) is 0 Å². The summed E-state index contributed by atoms with van der Waals surface area (Å²) >= 11 is 0. The summed E-state index contributed by atoms with van der Waals surface area (Å²) < 4.78 is 5.72. The third-order valence-electron chi connectivity index (χ3n) is 5.52. The molecule has 2 aliphatic rings. The largest absolute Gasteiger partial charge is 0.392 e. The molecule has 0 spiro atoms. The number of aliphatic hydroxyl groups is 1. The Morgan fingerprint density at radius 3 is 2.52 bits per heavy atom. The highest BCUT2D eigenvalue weighted by Crippen LogP contribution is 2.43. The highest BCUT2D eigenvalue weighted by Gasteiger charge is 2.40. The lowest BCUT2D eigenvalue weighted by Gasteiger charge is -2.42. The lowest BCUT2D eigenvalue weighted by atomic mass is 9.65. The molecule has 0 radical (unpaired) electrons. The fourth-order valence-corrected chi connectivity index (χ4v) is 4.26. The van der Waals surface area contributed by atoms with Crippen LogP contribution < -0.4 is 0 Å². The third kappa shape index (κ3) is 3.32. The Morgan fingerprint density at radius 1 is 1.10 bits per heavy atom. The van der Waals surface area contributed by atoms with Crippen molar-refractivity contribution in [2.24, 2.45) is 0 Å². The van der Waals surface area contributed by atoms with Gasteiger partial charge < -0.3 is 9.84 Å². The third-order valence-corrected chi connectivity index (χ3v) is 5.52. The van der Waals surface area contributed by atoms with Crippen molar-refractivity contribution in [1.82, 2.24) is 0 Å². The van der Waals surface area contributed by atoms with Crippen molar-refractivity contribution >= 4 is 0 Å². The molecule has 2 nitrogen and oxygen atoms in total. The van der Waals surface area contributed by atoms with Crippen LogP contribution in [0.25, 0.3) is 0 Å². The summed E-state index contributed by atoms with van der Waals surface area (Å²) in [5.41, 5.74) is 1.32. The van der Waals surface area contributed by atoms with Gasteiger partial charge in [-0.05, 0) is 44.1 Å². The highest BCUT2D eigenvalue weighted by molar-refractivity contribution is 5.27. The first-order valence-electron chi connectivity index (χ1n) is 8.66. The van der Waals surface area contributed by atoms with Crippen LogP contribution in [-0.4, -0.2) is 23.9 Å². The van der Waals surface area contributed by atoms with Gasteiger partial charge in [0.2, 0.25) is 0 Å². The Labute approximate surface area is 128 Å². The Kier molecular flexibility index (Phi) is 4.97. The van der Waals surface area contributed by atoms with E-state index in [4.69, 9.17) is 4.74 Å². The van der Waals surface area contributed by atoms with Crippen molar-refractivity contribution < 1.29 is 9.84 Å². The standard InChI is InChI=1S/C19H28O2/c20-18(12-11-17-10-7-15-21-17)19(13-5-2-6-14-19)16-8-3-1-4-9-16/h1,3-4,8-9,17-18,20H,2,5-7,10-15H2. The van der Waals surface area contributed by atoms with E-state index in [1.54, 1.807) is 0 Å². The van der Waals surface area contributed by atoms with Crippen molar-refractivity contribution in [3.8, 4) is 0 Å². The molecule has 1 aromatic rings. The highest BCUT2D eigenvalue weighted by atomic mass is 16.5. The first-order chi connectivity index (χ1) is 10.3. The molecule has 2 fully saturated rings. The second-order valence-corrected chi connectivity index (χ2v) is 6.81.